The molecule has 2 aromatic heterocycles. The van der Waals surface area contributed by atoms with Gasteiger partial charge in [0.05, 0.1) is 12.0 Å². The number of aromatic nitrogens is 2. The van der Waals surface area contributed by atoms with Crippen molar-refractivity contribution in [3.63, 3.8) is 0 Å². The van der Waals surface area contributed by atoms with Gasteiger partial charge >= 0.3 is 0 Å². The summed E-state index contributed by atoms with van der Waals surface area (Å²) in [5.74, 6) is 1.54. The number of aryl methyl sites for hydroxylation is 1. The maximum atomic E-state index is 5.72. The van der Waals surface area contributed by atoms with Crippen LogP contribution in [-0.2, 0) is 4.74 Å². The minimum absolute atomic E-state index is 0.311. The van der Waals surface area contributed by atoms with Gasteiger partial charge in [0, 0.05) is 18.5 Å². The Morgan fingerprint density at radius 2 is 2.28 bits per heavy atom. The highest BCUT2D eigenvalue weighted by atomic mass is 32.1. The van der Waals surface area contributed by atoms with Crippen LogP contribution in [0.4, 0.5) is 11.8 Å². The topological polar surface area (TPSA) is 73.1 Å². The van der Waals surface area contributed by atoms with Crippen LogP contribution < -0.4 is 11.1 Å². The van der Waals surface area contributed by atoms with Gasteiger partial charge in [-0.15, -0.1) is 11.3 Å². The van der Waals surface area contributed by atoms with E-state index < -0.39 is 0 Å². The molecule has 5 nitrogen and oxygen atoms in total. The molecule has 0 amide bonds. The lowest BCUT2D eigenvalue weighted by Gasteiger charge is -2.12. The van der Waals surface area contributed by atoms with E-state index in [2.05, 4.69) is 35.2 Å². The van der Waals surface area contributed by atoms with Crippen molar-refractivity contribution in [3.05, 3.63) is 10.9 Å². The summed E-state index contributed by atoms with van der Waals surface area (Å²) in [6, 6.07) is 2.09. The maximum Gasteiger partial charge on any atom is 0.223 e. The predicted octanol–water partition coefficient (Wildman–Crippen LogP) is 2.28. The van der Waals surface area contributed by atoms with Gasteiger partial charge < -0.3 is 15.8 Å². The van der Waals surface area contributed by atoms with E-state index in [-0.39, 0.29) is 0 Å². The molecule has 2 aromatic rings. The fourth-order valence-corrected chi connectivity index (χ4v) is 2.69. The van der Waals surface area contributed by atoms with Crippen molar-refractivity contribution in [2.75, 3.05) is 31.3 Å². The van der Waals surface area contributed by atoms with Gasteiger partial charge in [0.1, 0.15) is 10.6 Å². The molecular weight excluding hydrogens is 248 g/mol. The lowest BCUT2D eigenvalue weighted by atomic mass is 10.2. The molecule has 0 spiro atoms. The number of nitrogens with two attached hydrogens (primary N) is 1. The number of hydrogen-bond acceptors (Lipinski definition) is 6. The van der Waals surface area contributed by atoms with Gasteiger partial charge in [-0.1, -0.05) is 6.92 Å². The Morgan fingerprint density at radius 1 is 1.50 bits per heavy atom. The van der Waals surface area contributed by atoms with Gasteiger partial charge in [-0.25, -0.2) is 4.98 Å². The first kappa shape index (κ1) is 13.0. The molecule has 18 heavy (non-hydrogen) atoms. The van der Waals surface area contributed by atoms with E-state index in [1.165, 1.54) is 4.88 Å². The average Bonchev–Trinajstić information content (AvgIpc) is 2.66. The quantitative estimate of drug-likeness (QED) is 0.868. The van der Waals surface area contributed by atoms with Crippen molar-refractivity contribution in [1.82, 2.24) is 9.97 Å². The van der Waals surface area contributed by atoms with Crippen LogP contribution in [0.25, 0.3) is 10.2 Å². The molecule has 0 bridgehead atoms. The Kier molecular flexibility index (Phi) is 3.98. The van der Waals surface area contributed by atoms with E-state index in [1.54, 1.807) is 18.4 Å². The van der Waals surface area contributed by atoms with Gasteiger partial charge in [-0.2, -0.15) is 4.98 Å². The molecule has 2 heterocycles. The summed E-state index contributed by atoms with van der Waals surface area (Å²) in [5, 5.41) is 4.36. The van der Waals surface area contributed by atoms with Crippen molar-refractivity contribution in [3.8, 4) is 0 Å². The van der Waals surface area contributed by atoms with Crippen molar-refractivity contribution in [2.24, 2.45) is 5.92 Å². The van der Waals surface area contributed by atoms with Gasteiger partial charge in [0.15, 0.2) is 0 Å². The second-order valence-corrected chi connectivity index (χ2v) is 5.68. The van der Waals surface area contributed by atoms with E-state index in [0.717, 1.165) is 29.2 Å². The summed E-state index contributed by atoms with van der Waals surface area (Å²) in [6.07, 6.45) is 0. The number of rotatable bonds is 5. The lowest BCUT2D eigenvalue weighted by molar-refractivity contribution is 0.164. The predicted molar refractivity (Wildman–Crippen MR) is 76.1 cm³/mol. The average molecular weight is 266 g/mol. The smallest absolute Gasteiger partial charge is 0.223 e. The fourth-order valence-electron chi connectivity index (χ4n) is 1.81. The van der Waals surface area contributed by atoms with E-state index in [1.807, 2.05) is 0 Å². The monoisotopic (exact) mass is 266 g/mol. The fraction of sp³-hybridized carbons (Fsp3) is 0.500. The number of fused-ring (bicyclic) bond motifs is 1. The number of anilines is 2. The van der Waals surface area contributed by atoms with E-state index in [4.69, 9.17) is 10.5 Å². The molecule has 0 aromatic carbocycles. The molecule has 1 atom stereocenters. The second-order valence-electron chi connectivity index (χ2n) is 4.45. The first-order chi connectivity index (χ1) is 8.60. The third kappa shape index (κ3) is 2.88. The molecule has 0 saturated carbocycles. The summed E-state index contributed by atoms with van der Waals surface area (Å²) in [5.41, 5.74) is 5.72. The van der Waals surface area contributed by atoms with Crippen molar-refractivity contribution in [2.45, 2.75) is 13.8 Å². The van der Waals surface area contributed by atoms with E-state index in [0.29, 0.717) is 11.9 Å². The minimum atomic E-state index is 0.311. The van der Waals surface area contributed by atoms with Crippen LogP contribution in [0.1, 0.15) is 11.8 Å². The number of nitrogens with one attached hydrogen (secondary N) is 1. The highest BCUT2D eigenvalue weighted by molar-refractivity contribution is 7.18. The van der Waals surface area contributed by atoms with Crippen LogP contribution in [0.3, 0.4) is 0 Å². The molecule has 98 valence electrons. The molecule has 0 aliphatic carbocycles. The molecule has 0 radical (unpaired) electrons. The SMILES string of the molecule is COCC(C)CNc1nc(N)nc2sc(C)cc12. The molecule has 2 rings (SSSR count). The zero-order valence-corrected chi connectivity index (χ0v) is 11.7. The largest absolute Gasteiger partial charge is 0.384 e. The summed E-state index contributed by atoms with van der Waals surface area (Å²) >= 11 is 1.63. The molecule has 0 saturated heterocycles. The van der Waals surface area contributed by atoms with Crippen molar-refractivity contribution >= 4 is 33.3 Å². The summed E-state index contributed by atoms with van der Waals surface area (Å²) < 4.78 is 5.11. The number of hydrogen-bond donors (Lipinski definition) is 2. The standard InChI is InChI=1S/C12H18N4OS/c1-7(6-17-3)5-14-10-9-4-8(2)18-11(9)16-12(13)15-10/h4,7H,5-6H2,1-3H3,(H3,13,14,15,16). The molecule has 1 unspecified atom stereocenters. The van der Waals surface area contributed by atoms with Gasteiger partial charge in [-0.05, 0) is 18.9 Å². The Bertz CT molecular complexity index is 540. The number of ether oxygens (including phenoxy) is 1. The van der Waals surface area contributed by atoms with Crippen LogP contribution in [-0.4, -0.2) is 30.2 Å². The van der Waals surface area contributed by atoms with E-state index in [9.17, 15) is 0 Å². The molecule has 0 aliphatic heterocycles. The summed E-state index contributed by atoms with van der Waals surface area (Å²) in [4.78, 5) is 10.6. The second kappa shape index (κ2) is 5.49. The van der Waals surface area contributed by atoms with Crippen LogP contribution in [0.2, 0.25) is 0 Å². The molecule has 0 fully saturated rings. The van der Waals surface area contributed by atoms with Gasteiger partial charge in [-0.3, -0.25) is 0 Å². The third-order valence-electron chi connectivity index (χ3n) is 2.60. The van der Waals surface area contributed by atoms with Crippen LogP contribution >= 0.6 is 11.3 Å². The first-order valence-electron chi connectivity index (χ1n) is 5.86. The van der Waals surface area contributed by atoms with Crippen molar-refractivity contribution < 1.29 is 4.74 Å². The summed E-state index contributed by atoms with van der Waals surface area (Å²) in [6.45, 7) is 5.70. The van der Waals surface area contributed by atoms with Crippen molar-refractivity contribution in [1.29, 1.82) is 0 Å². The zero-order valence-electron chi connectivity index (χ0n) is 10.9. The van der Waals surface area contributed by atoms with Crippen LogP contribution in [0.5, 0.6) is 0 Å². The zero-order chi connectivity index (χ0) is 13.1. The molecule has 6 heteroatoms. The number of thiophene rings is 1. The molecular formula is C12H18N4OS. The van der Waals surface area contributed by atoms with Gasteiger partial charge in [0.2, 0.25) is 5.95 Å². The lowest BCUT2D eigenvalue weighted by Crippen LogP contribution is -2.17. The maximum absolute atomic E-state index is 5.72. The number of nitrogens with zero attached hydrogens (tertiary/aromatic N) is 2. The van der Waals surface area contributed by atoms with Gasteiger partial charge in [0.25, 0.3) is 0 Å². The Labute approximate surface area is 110 Å². The Morgan fingerprint density at radius 3 is 3.00 bits per heavy atom. The normalized spacial score (nSPS) is 12.8. The van der Waals surface area contributed by atoms with E-state index >= 15 is 0 Å². The van der Waals surface area contributed by atoms with Crippen LogP contribution in [0, 0.1) is 12.8 Å². The summed E-state index contributed by atoms with van der Waals surface area (Å²) in [7, 11) is 1.71. The third-order valence-corrected chi connectivity index (χ3v) is 3.55. The number of nitrogen functional groups attached to an aromatic ring is 1. The highest BCUT2D eigenvalue weighted by Crippen LogP contribution is 2.28. The Hall–Kier alpha value is -1.40. The molecule has 3 N–H and O–H groups in total. The highest BCUT2D eigenvalue weighted by Gasteiger charge is 2.10. The minimum Gasteiger partial charge on any atom is -0.384 e. The van der Waals surface area contributed by atoms with Crippen LogP contribution in [0.15, 0.2) is 6.07 Å². The first-order valence-corrected chi connectivity index (χ1v) is 6.68. The molecule has 0 aliphatic rings. The number of methoxy groups -OCH3 is 1. The Balaban J connectivity index is 2.21.